The number of rotatable bonds is 5. The van der Waals surface area contributed by atoms with E-state index >= 15 is 0 Å². The molecule has 10 heavy (non-hydrogen) atoms. The van der Waals surface area contributed by atoms with Gasteiger partial charge < -0.3 is 4.79 Å². The summed E-state index contributed by atoms with van der Waals surface area (Å²) in [7, 11) is 0. The van der Waals surface area contributed by atoms with Gasteiger partial charge in [-0.1, -0.05) is 6.08 Å². The van der Waals surface area contributed by atoms with Gasteiger partial charge >= 0.3 is 0 Å². The monoisotopic (exact) mass is 140 g/mol. The number of carbonyl (C=O) groups is 2. The molecule has 0 atom stereocenters. The minimum absolute atomic E-state index is 0.547. The van der Waals surface area contributed by atoms with Crippen LogP contribution in [-0.4, -0.2) is 12.6 Å². The summed E-state index contributed by atoms with van der Waals surface area (Å²) < 4.78 is 0. The highest BCUT2D eigenvalue weighted by Gasteiger charge is 1.91. The minimum Gasteiger partial charge on any atom is -0.303 e. The van der Waals surface area contributed by atoms with E-state index in [0.717, 1.165) is 31.0 Å². The highest BCUT2D eigenvalue weighted by Crippen LogP contribution is 2.02. The highest BCUT2D eigenvalue weighted by atomic mass is 16.1. The summed E-state index contributed by atoms with van der Waals surface area (Å²) >= 11 is 0. The summed E-state index contributed by atoms with van der Waals surface area (Å²) in [6, 6.07) is 0. The van der Waals surface area contributed by atoms with Crippen molar-refractivity contribution < 1.29 is 9.59 Å². The lowest BCUT2D eigenvalue weighted by atomic mass is 10.1. The van der Waals surface area contributed by atoms with E-state index < -0.39 is 0 Å². The second-order valence-corrected chi connectivity index (χ2v) is 2.04. The average Bonchev–Trinajstić information content (AvgIpc) is 1.99. The molecule has 0 unspecified atom stereocenters. The number of allylic oxidation sites excluding steroid dienone is 2. The zero-order valence-electron chi connectivity index (χ0n) is 6.17. The maximum atomic E-state index is 10.2. The predicted octanol–water partition coefficient (Wildman–Crippen LogP) is 1.50. The van der Waals surface area contributed by atoms with Crippen molar-refractivity contribution in [3.05, 3.63) is 11.6 Å². The third-order valence-electron chi connectivity index (χ3n) is 1.31. The number of aldehydes is 2. The summed E-state index contributed by atoms with van der Waals surface area (Å²) in [5, 5.41) is 0. The molecule has 0 radical (unpaired) electrons. The maximum Gasteiger partial charge on any atom is 0.145 e. The van der Waals surface area contributed by atoms with E-state index in [1.807, 2.05) is 6.92 Å². The Morgan fingerprint density at radius 3 is 2.50 bits per heavy atom. The van der Waals surface area contributed by atoms with Crippen LogP contribution in [0.2, 0.25) is 0 Å². The van der Waals surface area contributed by atoms with E-state index in [0.29, 0.717) is 6.42 Å². The van der Waals surface area contributed by atoms with E-state index in [9.17, 15) is 9.59 Å². The van der Waals surface area contributed by atoms with Crippen molar-refractivity contribution >= 4 is 12.6 Å². The Morgan fingerprint density at radius 2 is 2.10 bits per heavy atom. The molecule has 0 heterocycles. The zero-order valence-corrected chi connectivity index (χ0v) is 6.17. The van der Waals surface area contributed by atoms with Gasteiger partial charge in [-0.15, -0.1) is 0 Å². The van der Waals surface area contributed by atoms with Crippen molar-refractivity contribution in [2.75, 3.05) is 0 Å². The van der Waals surface area contributed by atoms with E-state index in [4.69, 9.17) is 0 Å². The lowest BCUT2D eigenvalue weighted by Gasteiger charge is -1.93. The standard InChI is InChI=1S/C8H12O2/c1-2-8(7-10)5-3-4-6-9/h2,6-7H,3-5H2,1H3. The van der Waals surface area contributed by atoms with E-state index in [1.54, 1.807) is 6.08 Å². The van der Waals surface area contributed by atoms with Crippen LogP contribution in [0.15, 0.2) is 11.6 Å². The molecular formula is C8H12O2. The number of hydrogen-bond acceptors (Lipinski definition) is 2. The van der Waals surface area contributed by atoms with Crippen molar-refractivity contribution in [1.82, 2.24) is 0 Å². The molecule has 56 valence electrons. The molecule has 2 nitrogen and oxygen atoms in total. The lowest BCUT2D eigenvalue weighted by molar-refractivity contribution is -0.108. The Morgan fingerprint density at radius 1 is 1.40 bits per heavy atom. The number of unbranched alkanes of at least 4 members (excludes halogenated alkanes) is 1. The molecule has 0 bridgehead atoms. The molecule has 0 aromatic rings. The first-order chi connectivity index (χ1) is 4.85. The third kappa shape index (κ3) is 4.01. The predicted molar refractivity (Wildman–Crippen MR) is 39.7 cm³/mol. The van der Waals surface area contributed by atoms with Crippen LogP contribution in [0.1, 0.15) is 26.2 Å². The molecule has 0 amide bonds. The SMILES string of the molecule is CC=C(C=O)CCCC=O. The molecule has 0 aliphatic heterocycles. The molecule has 2 heteroatoms. The quantitative estimate of drug-likeness (QED) is 0.329. The Kier molecular flexibility index (Phi) is 5.63. The minimum atomic E-state index is 0.547. The van der Waals surface area contributed by atoms with Crippen LogP contribution >= 0.6 is 0 Å². The summed E-state index contributed by atoms with van der Waals surface area (Å²) in [5.41, 5.74) is 0.779. The van der Waals surface area contributed by atoms with Crippen molar-refractivity contribution in [1.29, 1.82) is 0 Å². The van der Waals surface area contributed by atoms with Gasteiger partial charge in [0.25, 0.3) is 0 Å². The second-order valence-electron chi connectivity index (χ2n) is 2.04. The normalized spacial score (nSPS) is 11.1. The fourth-order valence-corrected chi connectivity index (χ4v) is 0.661. The van der Waals surface area contributed by atoms with Crippen LogP contribution < -0.4 is 0 Å². The first-order valence-corrected chi connectivity index (χ1v) is 3.39. The average molecular weight is 140 g/mol. The van der Waals surface area contributed by atoms with Gasteiger partial charge in [-0.25, -0.2) is 0 Å². The van der Waals surface area contributed by atoms with Gasteiger partial charge in [0, 0.05) is 6.42 Å². The summed E-state index contributed by atoms with van der Waals surface area (Å²) in [6.07, 6.45) is 5.53. The van der Waals surface area contributed by atoms with Crippen molar-refractivity contribution in [2.24, 2.45) is 0 Å². The molecule has 0 aromatic heterocycles. The molecule has 0 aliphatic carbocycles. The Bertz CT molecular complexity index is 136. The van der Waals surface area contributed by atoms with Crippen molar-refractivity contribution in [3.63, 3.8) is 0 Å². The van der Waals surface area contributed by atoms with Crippen molar-refractivity contribution in [3.8, 4) is 0 Å². The van der Waals surface area contributed by atoms with E-state index in [1.165, 1.54) is 0 Å². The summed E-state index contributed by atoms with van der Waals surface area (Å²) in [6.45, 7) is 1.82. The van der Waals surface area contributed by atoms with Gasteiger partial charge in [-0.05, 0) is 25.3 Å². The van der Waals surface area contributed by atoms with E-state index in [-0.39, 0.29) is 0 Å². The molecule has 0 N–H and O–H groups in total. The molecule has 0 aliphatic rings. The fourth-order valence-electron chi connectivity index (χ4n) is 0.661. The van der Waals surface area contributed by atoms with Gasteiger partial charge in [0.2, 0.25) is 0 Å². The van der Waals surface area contributed by atoms with Crippen LogP contribution in [0.25, 0.3) is 0 Å². The number of carbonyl (C=O) groups excluding carboxylic acids is 2. The summed E-state index contributed by atoms with van der Waals surface area (Å²) in [5.74, 6) is 0. The van der Waals surface area contributed by atoms with Crippen molar-refractivity contribution in [2.45, 2.75) is 26.2 Å². The van der Waals surface area contributed by atoms with Crippen LogP contribution in [0.4, 0.5) is 0 Å². The second kappa shape index (κ2) is 6.20. The van der Waals surface area contributed by atoms with Gasteiger partial charge in [0.05, 0.1) is 0 Å². The molecular weight excluding hydrogens is 128 g/mol. The molecule has 0 saturated heterocycles. The first-order valence-electron chi connectivity index (χ1n) is 3.39. The summed E-state index contributed by atoms with van der Waals surface area (Å²) in [4.78, 5) is 20.0. The molecule has 0 saturated carbocycles. The molecule has 0 fully saturated rings. The lowest BCUT2D eigenvalue weighted by Crippen LogP contribution is -1.85. The van der Waals surface area contributed by atoms with Crippen LogP contribution in [-0.2, 0) is 9.59 Å². The number of hydrogen-bond donors (Lipinski definition) is 0. The first kappa shape index (κ1) is 9.08. The molecule has 0 spiro atoms. The Labute approximate surface area is 60.9 Å². The fraction of sp³-hybridized carbons (Fsp3) is 0.500. The highest BCUT2D eigenvalue weighted by molar-refractivity contribution is 5.72. The Balaban J connectivity index is 3.45. The topological polar surface area (TPSA) is 34.1 Å². The van der Waals surface area contributed by atoms with Gasteiger partial charge in [0.15, 0.2) is 0 Å². The van der Waals surface area contributed by atoms with Gasteiger partial charge in [-0.3, -0.25) is 4.79 Å². The molecule has 0 aromatic carbocycles. The molecule has 0 rings (SSSR count). The Hall–Kier alpha value is -0.920. The van der Waals surface area contributed by atoms with Crippen LogP contribution in [0.5, 0.6) is 0 Å². The smallest absolute Gasteiger partial charge is 0.145 e. The van der Waals surface area contributed by atoms with Crippen LogP contribution in [0, 0.1) is 0 Å². The largest absolute Gasteiger partial charge is 0.303 e. The van der Waals surface area contributed by atoms with Gasteiger partial charge in [-0.2, -0.15) is 0 Å². The van der Waals surface area contributed by atoms with Gasteiger partial charge in [0.1, 0.15) is 12.6 Å². The van der Waals surface area contributed by atoms with Crippen LogP contribution in [0.3, 0.4) is 0 Å². The third-order valence-corrected chi connectivity index (χ3v) is 1.31. The van der Waals surface area contributed by atoms with E-state index in [2.05, 4.69) is 0 Å². The zero-order chi connectivity index (χ0) is 7.82. The maximum absolute atomic E-state index is 10.2.